The van der Waals surface area contributed by atoms with Gasteiger partial charge in [0.15, 0.2) is 0 Å². The molecule has 0 saturated carbocycles. The number of rotatable bonds is 13. The Hall–Kier alpha value is 0.887. The first-order valence-electron chi connectivity index (χ1n) is 7.41. The minimum atomic E-state index is -0.307. The maximum absolute atomic E-state index is 11.0. The van der Waals surface area contributed by atoms with Gasteiger partial charge in [0.05, 0.1) is 17.2 Å². The van der Waals surface area contributed by atoms with E-state index < -0.39 is 0 Å². The summed E-state index contributed by atoms with van der Waals surface area (Å²) in [5.74, 6) is -0.307. The van der Waals surface area contributed by atoms with E-state index in [4.69, 9.17) is 4.74 Å². The molecule has 0 amide bonds. The molecule has 0 saturated heterocycles. The summed E-state index contributed by atoms with van der Waals surface area (Å²) in [5, 5.41) is 0. The van der Waals surface area contributed by atoms with Crippen molar-refractivity contribution in [1.82, 2.24) is 0 Å². The van der Waals surface area contributed by atoms with Gasteiger partial charge in [0.1, 0.15) is 0 Å². The van der Waals surface area contributed by atoms with Crippen LogP contribution in [0.5, 0.6) is 0 Å². The number of carbonyl (C=O) groups is 1. The minimum absolute atomic E-state index is 0.0241. The molecule has 2 nitrogen and oxygen atoms in total. The molecule has 0 aliphatic carbocycles. The SMILES string of the molecule is C=CC(=O)OC(C)CCCCCCCCC[Si]C(I)I. The normalized spacial score (nSPS) is 12.4. The molecule has 2 radical (unpaired) electrons. The number of unbranched alkanes of at least 4 members (excludes halogenated alkanes) is 6. The monoisotopic (exact) mass is 520 g/mol. The molecular formula is C15H26I2O2Si. The number of carbonyl (C=O) groups excluding carboxylic acids is 1. The third kappa shape index (κ3) is 15.3. The molecule has 0 bridgehead atoms. The van der Waals surface area contributed by atoms with Gasteiger partial charge in [-0.2, -0.15) is 0 Å². The molecular weight excluding hydrogens is 494 g/mol. The van der Waals surface area contributed by atoms with Gasteiger partial charge in [-0.05, 0) is 19.8 Å². The average Bonchev–Trinajstić information content (AvgIpc) is 2.40. The fraction of sp³-hybridized carbons (Fsp3) is 0.800. The lowest BCUT2D eigenvalue weighted by atomic mass is 10.1. The lowest BCUT2D eigenvalue weighted by Gasteiger charge is -2.11. The molecule has 1 unspecified atom stereocenters. The maximum atomic E-state index is 11.0. The van der Waals surface area contributed by atoms with E-state index in [1.54, 1.807) is 0 Å². The third-order valence-electron chi connectivity index (χ3n) is 3.07. The zero-order valence-electron chi connectivity index (χ0n) is 12.4. The van der Waals surface area contributed by atoms with Crippen molar-refractivity contribution in [3.05, 3.63) is 12.7 Å². The molecule has 0 fully saturated rings. The van der Waals surface area contributed by atoms with Crippen LogP contribution >= 0.6 is 45.2 Å². The number of hydrogen-bond acceptors (Lipinski definition) is 2. The molecule has 0 aliphatic rings. The minimum Gasteiger partial charge on any atom is -0.460 e. The van der Waals surface area contributed by atoms with Gasteiger partial charge in [0.25, 0.3) is 0 Å². The Balaban J connectivity index is 3.20. The molecule has 0 aromatic heterocycles. The Morgan fingerprint density at radius 2 is 1.70 bits per heavy atom. The number of esters is 1. The van der Waals surface area contributed by atoms with Gasteiger partial charge in [0, 0.05) is 6.08 Å². The van der Waals surface area contributed by atoms with E-state index in [9.17, 15) is 4.79 Å². The van der Waals surface area contributed by atoms with Crippen LogP contribution in [0.25, 0.3) is 0 Å². The second kappa shape index (κ2) is 14.8. The first-order valence-corrected chi connectivity index (χ1v) is 11.2. The topological polar surface area (TPSA) is 26.3 Å². The Bertz CT molecular complexity index is 260. The van der Waals surface area contributed by atoms with Crippen LogP contribution in [0.1, 0.15) is 58.3 Å². The van der Waals surface area contributed by atoms with Gasteiger partial charge < -0.3 is 4.74 Å². The summed E-state index contributed by atoms with van der Waals surface area (Å²) in [6.45, 7) is 5.35. The number of hydrogen-bond donors (Lipinski definition) is 0. The van der Waals surface area contributed by atoms with E-state index in [1.807, 2.05) is 6.92 Å². The predicted octanol–water partition coefficient (Wildman–Crippen LogP) is 5.50. The molecule has 116 valence electrons. The van der Waals surface area contributed by atoms with Gasteiger partial charge in [0.2, 0.25) is 0 Å². The van der Waals surface area contributed by atoms with Gasteiger partial charge in [-0.3, -0.25) is 0 Å². The van der Waals surface area contributed by atoms with Crippen LogP contribution in [0.4, 0.5) is 0 Å². The highest BCUT2D eigenvalue weighted by atomic mass is 127. The van der Waals surface area contributed by atoms with Gasteiger partial charge in [-0.25, -0.2) is 4.79 Å². The van der Waals surface area contributed by atoms with Gasteiger partial charge in [-0.1, -0.05) is 96.3 Å². The Morgan fingerprint density at radius 1 is 1.15 bits per heavy atom. The molecule has 0 rings (SSSR count). The fourth-order valence-corrected chi connectivity index (χ4v) is 4.50. The van der Waals surface area contributed by atoms with Crippen molar-refractivity contribution < 1.29 is 9.53 Å². The summed E-state index contributed by atoms with van der Waals surface area (Å²) in [6, 6.07) is 1.41. The van der Waals surface area contributed by atoms with Crippen LogP contribution in [0.2, 0.25) is 6.04 Å². The first-order chi connectivity index (χ1) is 9.56. The largest absolute Gasteiger partial charge is 0.460 e. The highest BCUT2D eigenvalue weighted by Crippen LogP contribution is 2.14. The van der Waals surface area contributed by atoms with Crippen molar-refractivity contribution in [1.29, 1.82) is 0 Å². The summed E-state index contributed by atoms with van der Waals surface area (Å²) >= 11 is 5.01. The summed E-state index contributed by atoms with van der Waals surface area (Å²) in [5.41, 5.74) is 0. The van der Waals surface area contributed by atoms with Crippen molar-refractivity contribution in [2.24, 2.45) is 0 Å². The highest BCUT2D eigenvalue weighted by Gasteiger charge is 2.05. The van der Waals surface area contributed by atoms with Crippen molar-refractivity contribution in [3.63, 3.8) is 0 Å². The Kier molecular flexibility index (Phi) is 15.5. The van der Waals surface area contributed by atoms with Crippen LogP contribution < -0.4 is 0 Å². The van der Waals surface area contributed by atoms with Crippen LogP contribution in [0.3, 0.4) is 0 Å². The van der Waals surface area contributed by atoms with E-state index in [0.717, 1.165) is 23.9 Å². The van der Waals surface area contributed by atoms with Gasteiger partial charge in [-0.15, -0.1) is 0 Å². The zero-order chi connectivity index (χ0) is 15.2. The van der Waals surface area contributed by atoms with E-state index in [0.29, 0.717) is 0 Å². The van der Waals surface area contributed by atoms with Crippen molar-refractivity contribution >= 4 is 60.7 Å². The van der Waals surface area contributed by atoms with Crippen LogP contribution in [-0.2, 0) is 9.53 Å². The van der Waals surface area contributed by atoms with Crippen molar-refractivity contribution in [3.8, 4) is 0 Å². The quantitative estimate of drug-likeness (QED) is 0.0801. The molecule has 0 aromatic carbocycles. The summed E-state index contributed by atoms with van der Waals surface area (Å²) in [6.07, 6.45) is 11.4. The molecule has 5 heteroatoms. The van der Waals surface area contributed by atoms with E-state index in [-0.39, 0.29) is 12.1 Å². The lowest BCUT2D eigenvalue weighted by molar-refractivity contribution is -0.142. The molecule has 20 heavy (non-hydrogen) atoms. The number of ether oxygens (including phenoxy) is 1. The maximum Gasteiger partial charge on any atom is 0.330 e. The molecule has 0 aliphatic heterocycles. The summed E-state index contributed by atoms with van der Waals surface area (Å²) in [7, 11) is 1.12. The lowest BCUT2D eigenvalue weighted by Crippen LogP contribution is -2.12. The van der Waals surface area contributed by atoms with Crippen molar-refractivity contribution in [2.45, 2.75) is 72.0 Å². The summed E-state index contributed by atoms with van der Waals surface area (Å²) < 4.78 is 5.95. The van der Waals surface area contributed by atoms with Crippen LogP contribution in [-0.4, -0.2) is 23.1 Å². The summed E-state index contributed by atoms with van der Waals surface area (Å²) in [4.78, 5) is 11.0. The molecule has 0 N–H and O–H groups in total. The molecule has 0 spiro atoms. The van der Waals surface area contributed by atoms with E-state index in [1.165, 1.54) is 50.6 Å². The Labute approximate surface area is 154 Å². The predicted molar refractivity (Wildman–Crippen MR) is 105 cm³/mol. The second-order valence-electron chi connectivity index (χ2n) is 4.97. The second-order valence-corrected chi connectivity index (χ2v) is 13.7. The molecule has 1 atom stereocenters. The number of halogens is 2. The van der Waals surface area contributed by atoms with E-state index in [2.05, 4.69) is 51.8 Å². The number of alkyl halides is 2. The molecule has 0 aromatic rings. The van der Waals surface area contributed by atoms with Crippen molar-refractivity contribution in [2.75, 3.05) is 0 Å². The van der Waals surface area contributed by atoms with Gasteiger partial charge >= 0.3 is 5.97 Å². The fourth-order valence-electron chi connectivity index (χ4n) is 1.96. The Morgan fingerprint density at radius 3 is 2.25 bits per heavy atom. The standard InChI is InChI=1S/C15H26I2O2Si/c1-3-14(18)19-13(2)11-9-7-5-4-6-8-10-12-20-15(16)17/h3,13,15H,1,4-12H2,2H3. The van der Waals surface area contributed by atoms with Crippen LogP contribution in [0, 0.1) is 0 Å². The average molecular weight is 520 g/mol. The smallest absolute Gasteiger partial charge is 0.330 e. The highest BCUT2D eigenvalue weighted by molar-refractivity contribution is 14.2. The van der Waals surface area contributed by atoms with E-state index >= 15 is 0 Å². The van der Waals surface area contributed by atoms with Crippen LogP contribution in [0.15, 0.2) is 12.7 Å². The third-order valence-corrected chi connectivity index (χ3v) is 6.66. The molecule has 0 heterocycles. The first kappa shape index (κ1) is 20.9. The zero-order valence-corrected chi connectivity index (χ0v) is 17.7.